The van der Waals surface area contributed by atoms with Gasteiger partial charge < -0.3 is 4.74 Å². The lowest BCUT2D eigenvalue weighted by atomic mass is 10.2. The Bertz CT molecular complexity index is 198. The van der Waals surface area contributed by atoms with Crippen LogP contribution >= 0.6 is 11.8 Å². The van der Waals surface area contributed by atoms with Gasteiger partial charge in [-0.1, -0.05) is 30.3 Å². The highest BCUT2D eigenvalue weighted by Gasteiger charge is 1.90. The van der Waals surface area contributed by atoms with Crippen molar-refractivity contribution < 1.29 is 4.74 Å². The highest BCUT2D eigenvalue weighted by atomic mass is 32.2. The highest BCUT2D eigenvalue weighted by Crippen LogP contribution is 2.06. The largest absolute Gasteiger partial charge is 0.374 e. The van der Waals surface area contributed by atoms with E-state index in [2.05, 4.69) is 24.3 Å². The molecule has 0 N–H and O–H groups in total. The minimum Gasteiger partial charge on any atom is -0.374 e. The highest BCUT2D eigenvalue weighted by molar-refractivity contribution is 7.99. The molecule has 0 saturated carbocycles. The normalized spacial score (nSPS) is 10.1. The molecule has 1 nitrogen and oxygen atoms in total. The van der Waals surface area contributed by atoms with Crippen LogP contribution in [0.4, 0.5) is 0 Å². The second-order valence-corrected chi connectivity index (χ2v) is 3.60. The molecule has 0 radical (unpaired) electrons. The molecule has 0 fully saturated rings. The molecule has 0 aliphatic carbocycles. The number of aryl methyl sites for hydroxylation is 1. The molecule has 0 bridgehead atoms. The molecule has 0 aliphatic rings. The van der Waals surface area contributed by atoms with Gasteiger partial charge in [-0.05, 0) is 17.7 Å². The molecule has 0 atom stereocenters. The molecule has 0 saturated heterocycles. The van der Waals surface area contributed by atoms with Crippen molar-refractivity contribution in [2.45, 2.75) is 6.42 Å². The Morgan fingerprint density at radius 1 is 1.25 bits per heavy atom. The van der Waals surface area contributed by atoms with Crippen molar-refractivity contribution in [3.8, 4) is 0 Å². The van der Waals surface area contributed by atoms with Crippen molar-refractivity contribution in [1.82, 2.24) is 0 Å². The Morgan fingerprint density at radius 3 is 2.67 bits per heavy atom. The molecule has 0 aromatic heterocycles. The van der Waals surface area contributed by atoms with Gasteiger partial charge >= 0.3 is 0 Å². The van der Waals surface area contributed by atoms with Gasteiger partial charge in [0, 0.05) is 7.11 Å². The molecule has 1 aromatic carbocycles. The second-order valence-electron chi connectivity index (χ2n) is 2.55. The van der Waals surface area contributed by atoms with Crippen LogP contribution in [0.25, 0.3) is 0 Å². The maximum atomic E-state index is 4.94. The first kappa shape index (κ1) is 9.62. The Hall–Kier alpha value is -0.470. The van der Waals surface area contributed by atoms with Crippen molar-refractivity contribution in [1.29, 1.82) is 0 Å². The Balaban J connectivity index is 2.16. The van der Waals surface area contributed by atoms with Crippen molar-refractivity contribution in [2.24, 2.45) is 0 Å². The number of hydrogen-bond acceptors (Lipinski definition) is 2. The lowest BCUT2D eigenvalue weighted by Crippen LogP contribution is -1.90. The average molecular weight is 182 g/mol. The third-order valence-electron chi connectivity index (χ3n) is 1.58. The molecular weight excluding hydrogens is 168 g/mol. The maximum Gasteiger partial charge on any atom is 0.0917 e. The van der Waals surface area contributed by atoms with Crippen molar-refractivity contribution in [3.05, 3.63) is 35.9 Å². The summed E-state index contributed by atoms with van der Waals surface area (Å²) in [6.45, 7) is 0. The van der Waals surface area contributed by atoms with Crippen LogP contribution in [0.5, 0.6) is 0 Å². The predicted octanol–water partition coefficient (Wildman–Crippen LogP) is 2.57. The summed E-state index contributed by atoms with van der Waals surface area (Å²) < 4.78 is 4.94. The topological polar surface area (TPSA) is 9.23 Å². The first-order valence-electron chi connectivity index (χ1n) is 4.04. The molecule has 12 heavy (non-hydrogen) atoms. The Kier molecular flexibility index (Phi) is 4.88. The fourth-order valence-electron chi connectivity index (χ4n) is 0.977. The molecule has 2 heteroatoms. The molecule has 1 rings (SSSR count). The predicted molar refractivity (Wildman–Crippen MR) is 54.5 cm³/mol. The van der Waals surface area contributed by atoms with Crippen LogP contribution in [0.3, 0.4) is 0 Å². The van der Waals surface area contributed by atoms with Crippen LogP contribution in [0.1, 0.15) is 5.56 Å². The van der Waals surface area contributed by atoms with E-state index in [4.69, 9.17) is 4.74 Å². The van der Waals surface area contributed by atoms with Gasteiger partial charge in [-0.2, -0.15) is 0 Å². The fourth-order valence-corrected chi connectivity index (χ4v) is 1.64. The SMILES string of the molecule is COCSCCc1ccccc1. The van der Waals surface area contributed by atoms with Gasteiger partial charge in [-0.15, -0.1) is 11.8 Å². The van der Waals surface area contributed by atoms with Crippen LogP contribution in [0, 0.1) is 0 Å². The number of methoxy groups -OCH3 is 1. The van der Waals surface area contributed by atoms with Crippen LogP contribution in [0.15, 0.2) is 30.3 Å². The summed E-state index contributed by atoms with van der Waals surface area (Å²) in [7, 11) is 1.73. The fraction of sp³-hybridized carbons (Fsp3) is 0.400. The van der Waals surface area contributed by atoms with Crippen molar-refractivity contribution in [3.63, 3.8) is 0 Å². The van der Waals surface area contributed by atoms with Gasteiger partial charge in [0.2, 0.25) is 0 Å². The second kappa shape index (κ2) is 6.09. The third kappa shape index (κ3) is 3.79. The molecule has 0 amide bonds. The molecule has 0 aliphatic heterocycles. The van der Waals surface area contributed by atoms with E-state index in [0.29, 0.717) is 0 Å². The van der Waals surface area contributed by atoms with Crippen LogP contribution in [0.2, 0.25) is 0 Å². The van der Waals surface area contributed by atoms with Gasteiger partial charge in [0.1, 0.15) is 0 Å². The van der Waals surface area contributed by atoms with Gasteiger partial charge in [-0.25, -0.2) is 0 Å². The van der Waals surface area contributed by atoms with E-state index in [0.717, 1.165) is 18.1 Å². The summed E-state index contributed by atoms with van der Waals surface area (Å²) in [5, 5.41) is 0. The molecule has 0 spiro atoms. The first-order chi connectivity index (χ1) is 5.93. The molecule has 1 aromatic rings. The van der Waals surface area contributed by atoms with E-state index in [9.17, 15) is 0 Å². The number of ether oxygens (including phenoxy) is 1. The molecule has 0 heterocycles. The zero-order valence-corrected chi connectivity index (χ0v) is 8.14. The van der Waals surface area contributed by atoms with Gasteiger partial charge in [0.15, 0.2) is 0 Å². The van der Waals surface area contributed by atoms with E-state index in [1.807, 2.05) is 17.8 Å². The Labute approximate surface area is 78.1 Å². The van der Waals surface area contributed by atoms with Gasteiger partial charge in [0.25, 0.3) is 0 Å². The smallest absolute Gasteiger partial charge is 0.0917 e. The first-order valence-corrected chi connectivity index (χ1v) is 5.19. The van der Waals surface area contributed by atoms with E-state index in [1.54, 1.807) is 7.11 Å². The zero-order chi connectivity index (χ0) is 8.65. The van der Waals surface area contributed by atoms with Gasteiger partial charge in [0.05, 0.1) is 5.94 Å². The summed E-state index contributed by atoms with van der Waals surface area (Å²) in [6, 6.07) is 10.5. The Morgan fingerprint density at radius 2 is 2.00 bits per heavy atom. The molecule has 0 unspecified atom stereocenters. The van der Waals surface area contributed by atoms with Gasteiger partial charge in [-0.3, -0.25) is 0 Å². The number of thioether (sulfide) groups is 1. The lowest BCUT2D eigenvalue weighted by molar-refractivity contribution is 0.259. The number of benzene rings is 1. The van der Waals surface area contributed by atoms with Crippen LogP contribution in [-0.2, 0) is 11.2 Å². The minimum absolute atomic E-state index is 0.798. The van der Waals surface area contributed by atoms with E-state index in [-0.39, 0.29) is 0 Å². The summed E-state index contributed by atoms with van der Waals surface area (Å²) in [4.78, 5) is 0. The average Bonchev–Trinajstić information content (AvgIpc) is 2.14. The van der Waals surface area contributed by atoms with Crippen LogP contribution < -0.4 is 0 Å². The van der Waals surface area contributed by atoms with E-state index >= 15 is 0 Å². The molecule has 66 valence electrons. The molecular formula is C10H14OS. The monoisotopic (exact) mass is 182 g/mol. The minimum atomic E-state index is 0.798. The van der Waals surface area contributed by atoms with Crippen molar-refractivity contribution in [2.75, 3.05) is 18.8 Å². The summed E-state index contributed by atoms with van der Waals surface area (Å²) >= 11 is 1.83. The van der Waals surface area contributed by atoms with E-state index in [1.165, 1.54) is 5.56 Å². The van der Waals surface area contributed by atoms with Crippen molar-refractivity contribution >= 4 is 11.8 Å². The van der Waals surface area contributed by atoms with E-state index < -0.39 is 0 Å². The number of hydrogen-bond donors (Lipinski definition) is 0. The standard InChI is InChI=1S/C10H14OS/c1-11-9-12-8-7-10-5-3-2-4-6-10/h2-6H,7-9H2,1H3. The van der Waals surface area contributed by atoms with Crippen LogP contribution in [-0.4, -0.2) is 18.8 Å². The zero-order valence-electron chi connectivity index (χ0n) is 7.32. The number of rotatable bonds is 5. The summed E-state index contributed by atoms with van der Waals surface area (Å²) in [6.07, 6.45) is 1.13. The lowest BCUT2D eigenvalue weighted by Gasteiger charge is -1.99. The third-order valence-corrected chi connectivity index (χ3v) is 2.47. The maximum absolute atomic E-state index is 4.94. The summed E-state index contributed by atoms with van der Waals surface area (Å²) in [5.74, 6) is 1.94. The summed E-state index contributed by atoms with van der Waals surface area (Å²) in [5.41, 5.74) is 1.40. The quantitative estimate of drug-likeness (QED) is 0.511.